The highest BCUT2D eigenvalue weighted by Crippen LogP contribution is 2.09. The number of nitrogens with zero attached hydrogens (tertiary/aromatic N) is 3. The van der Waals surface area contributed by atoms with E-state index >= 15 is 0 Å². The maximum atomic E-state index is 5.68. The second kappa shape index (κ2) is 5.23. The minimum absolute atomic E-state index is 0.542. The molecule has 0 spiro atoms. The summed E-state index contributed by atoms with van der Waals surface area (Å²) in [7, 11) is 0. The minimum Gasteiger partial charge on any atom is -0.354 e. The van der Waals surface area contributed by atoms with Gasteiger partial charge in [-0.15, -0.1) is 11.3 Å². The number of nitrogens with one attached hydrogen (secondary N) is 1. The molecule has 0 atom stereocenters. The molecule has 0 unspecified atom stereocenters. The number of anilines is 1. The Labute approximate surface area is 103 Å². The van der Waals surface area contributed by atoms with Crippen LogP contribution in [-0.4, -0.2) is 21.5 Å². The third kappa shape index (κ3) is 3.15. The van der Waals surface area contributed by atoms with E-state index in [1.54, 1.807) is 23.7 Å². The van der Waals surface area contributed by atoms with Crippen molar-refractivity contribution >= 4 is 28.9 Å². The molecule has 1 N–H and O–H groups in total. The Morgan fingerprint density at radius 2 is 2.12 bits per heavy atom. The van der Waals surface area contributed by atoms with Crippen molar-refractivity contribution in [1.82, 2.24) is 15.0 Å². The van der Waals surface area contributed by atoms with Gasteiger partial charge in [0, 0.05) is 18.3 Å². The number of aryl methyl sites for hydroxylation is 1. The van der Waals surface area contributed by atoms with Crippen molar-refractivity contribution in [2.75, 3.05) is 11.9 Å². The Hall–Kier alpha value is -1.20. The van der Waals surface area contributed by atoms with Crippen molar-refractivity contribution in [1.29, 1.82) is 0 Å². The molecule has 0 saturated heterocycles. The molecule has 16 heavy (non-hydrogen) atoms. The molecule has 2 rings (SSSR count). The summed E-state index contributed by atoms with van der Waals surface area (Å²) in [5.41, 5.74) is 1.10. The monoisotopic (exact) mass is 254 g/mol. The van der Waals surface area contributed by atoms with E-state index in [9.17, 15) is 0 Å². The quantitative estimate of drug-likeness (QED) is 0.911. The zero-order valence-corrected chi connectivity index (χ0v) is 10.3. The largest absolute Gasteiger partial charge is 0.354 e. The third-order valence-electron chi connectivity index (χ3n) is 1.95. The van der Waals surface area contributed by atoms with Crippen molar-refractivity contribution < 1.29 is 0 Å². The number of aromatic nitrogens is 3. The maximum Gasteiger partial charge on any atom is 0.222 e. The van der Waals surface area contributed by atoms with Gasteiger partial charge in [0.25, 0.3) is 0 Å². The second-order valence-corrected chi connectivity index (χ2v) is 4.76. The number of hydrogen-bond acceptors (Lipinski definition) is 5. The Morgan fingerprint density at radius 3 is 2.75 bits per heavy atom. The SMILES string of the molecule is Cc1nc(CCNc2ncc(Cl)cn2)cs1. The van der Waals surface area contributed by atoms with Crippen LogP contribution in [0.3, 0.4) is 0 Å². The molecule has 0 radical (unpaired) electrons. The predicted molar refractivity (Wildman–Crippen MR) is 66.1 cm³/mol. The molecular weight excluding hydrogens is 244 g/mol. The number of thiazole rings is 1. The standard InChI is InChI=1S/C10H11ClN4S/c1-7-15-9(6-16-7)2-3-12-10-13-4-8(11)5-14-10/h4-6H,2-3H2,1H3,(H,12,13,14). The van der Waals surface area contributed by atoms with E-state index in [0.717, 1.165) is 23.7 Å². The highest BCUT2D eigenvalue weighted by Gasteiger charge is 1.99. The summed E-state index contributed by atoms with van der Waals surface area (Å²) in [6, 6.07) is 0. The Bertz CT molecular complexity index is 454. The first-order valence-corrected chi connectivity index (χ1v) is 6.12. The van der Waals surface area contributed by atoms with Crippen molar-refractivity contribution in [3.05, 3.63) is 33.5 Å². The smallest absolute Gasteiger partial charge is 0.222 e. The molecule has 0 aliphatic carbocycles. The van der Waals surface area contributed by atoms with Gasteiger partial charge >= 0.3 is 0 Å². The van der Waals surface area contributed by atoms with E-state index in [1.807, 2.05) is 6.92 Å². The lowest BCUT2D eigenvalue weighted by Gasteiger charge is -2.02. The van der Waals surface area contributed by atoms with Crippen LogP contribution >= 0.6 is 22.9 Å². The molecule has 84 valence electrons. The van der Waals surface area contributed by atoms with Gasteiger partial charge in [-0.1, -0.05) is 11.6 Å². The first kappa shape index (κ1) is 11.3. The molecule has 0 saturated carbocycles. The first-order chi connectivity index (χ1) is 7.74. The van der Waals surface area contributed by atoms with Gasteiger partial charge in [-0.05, 0) is 6.92 Å². The topological polar surface area (TPSA) is 50.7 Å². The van der Waals surface area contributed by atoms with E-state index in [0.29, 0.717) is 11.0 Å². The average Bonchev–Trinajstić information content (AvgIpc) is 2.67. The number of halogens is 1. The average molecular weight is 255 g/mol. The molecule has 0 aromatic carbocycles. The molecule has 4 nitrogen and oxygen atoms in total. The summed E-state index contributed by atoms with van der Waals surface area (Å²) in [6.07, 6.45) is 4.02. The van der Waals surface area contributed by atoms with Gasteiger partial charge in [0.05, 0.1) is 28.1 Å². The van der Waals surface area contributed by atoms with Crippen LogP contribution in [0.5, 0.6) is 0 Å². The summed E-state index contributed by atoms with van der Waals surface area (Å²) in [4.78, 5) is 12.5. The maximum absolute atomic E-state index is 5.68. The van der Waals surface area contributed by atoms with Crippen LogP contribution in [0.1, 0.15) is 10.7 Å². The second-order valence-electron chi connectivity index (χ2n) is 3.26. The van der Waals surface area contributed by atoms with Gasteiger partial charge < -0.3 is 5.32 Å². The van der Waals surface area contributed by atoms with Crippen molar-refractivity contribution in [3.63, 3.8) is 0 Å². The van der Waals surface area contributed by atoms with Crippen molar-refractivity contribution in [2.24, 2.45) is 0 Å². The molecule has 2 aromatic rings. The summed E-state index contributed by atoms with van der Waals surface area (Å²) in [6.45, 7) is 2.77. The lowest BCUT2D eigenvalue weighted by Crippen LogP contribution is -2.07. The van der Waals surface area contributed by atoms with Crippen molar-refractivity contribution in [2.45, 2.75) is 13.3 Å². The molecular formula is C10H11ClN4S. The Balaban J connectivity index is 1.82. The van der Waals surface area contributed by atoms with Crippen LogP contribution in [0.2, 0.25) is 5.02 Å². The number of rotatable bonds is 4. The van der Waals surface area contributed by atoms with Crippen LogP contribution in [0.25, 0.3) is 0 Å². The third-order valence-corrected chi connectivity index (χ3v) is 2.97. The zero-order chi connectivity index (χ0) is 11.4. The summed E-state index contributed by atoms with van der Waals surface area (Å²) in [5, 5.41) is 6.82. The Morgan fingerprint density at radius 1 is 1.38 bits per heavy atom. The molecule has 0 fully saturated rings. The van der Waals surface area contributed by atoms with Crippen LogP contribution in [0.4, 0.5) is 5.95 Å². The summed E-state index contributed by atoms with van der Waals surface area (Å²) >= 11 is 7.35. The first-order valence-electron chi connectivity index (χ1n) is 4.86. The molecule has 2 heterocycles. The van der Waals surface area contributed by atoms with E-state index in [2.05, 4.69) is 25.6 Å². The highest BCUT2D eigenvalue weighted by molar-refractivity contribution is 7.09. The lowest BCUT2D eigenvalue weighted by molar-refractivity contribution is 0.947. The zero-order valence-electron chi connectivity index (χ0n) is 8.77. The molecule has 6 heteroatoms. The molecule has 0 amide bonds. The Kier molecular flexibility index (Phi) is 3.69. The van der Waals surface area contributed by atoms with Gasteiger partial charge in [-0.2, -0.15) is 0 Å². The van der Waals surface area contributed by atoms with E-state index < -0.39 is 0 Å². The van der Waals surface area contributed by atoms with E-state index in [1.165, 1.54) is 0 Å². The van der Waals surface area contributed by atoms with Crippen LogP contribution < -0.4 is 5.32 Å². The summed E-state index contributed by atoms with van der Waals surface area (Å²) < 4.78 is 0. The van der Waals surface area contributed by atoms with Crippen LogP contribution in [0.15, 0.2) is 17.8 Å². The van der Waals surface area contributed by atoms with E-state index in [-0.39, 0.29) is 0 Å². The highest BCUT2D eigenvalue weighted by atomic mass is 35.5. The minimum atomic E-state index is 0.542. The molecule has 2 aromatic heterocycles. The summed E-state index contributed by atoms with van der Waals surface area (Å²) in [5.74, 6) is 0.594. The van der Waals surface area contributed by atoms with Gasteiger partial charge in [0.15, 0.2) is 0 Å². The van der Waals surface area contributed by atoms with Gasteiger partial charge in [-0.25, -0.2) is 15.0 Å². The van der Waals surface area contributed by atoms with Crippen LogP contribution in [-0.2, 0) is 6.42 Å². The van der Waals surface area contributed by atoms with Gasteiger partial charge in [0.2, 0.25) is 5.95 Å². The lowest BCUT2D eigenvalue weighted by atomic mass is 10.3. The molecule has 0 aliphatic heterocycles. The number of hydrogen-bond donors (Lipinski definition) is 1. The van der Waals surface area contributed by atoms with Crippen molar-refractivity contribution in [3.8, 4) is 0 Å². The molecule has 0 bridgehead atoms. The van der Waals surface area contributed by atoms with Gasteiger partial charge in [0.1, 0.15) is 0 Å². The van der Waals surface area contributed by atoms with E-state index in [4.69, 9.17) is 11.6 Å². The normalized spacial score (nSPS) is 10.4. The van der Waals surface area contributed by atoms with Gasteiger partial charge in [-0.3, -0.25) is 0 Å². The fraction of sp³-hybridized carbons (Fsp3) is 0.300. The molecule has 0 aliphatic rings. The van der Waals surface area contributed by atoms with Crippen LogP contribution in [0, 0.1) is 6.92 Å². The fourth-order valence-electron chi connectivity index (χ4n) is 1.23. The fourth-order valence-corrected chi connectivity index (χ4v) is 1.97. The predicted octanol–water partition coefficient (Wildman–Crippen LogP) is 2.55.